The molecule has 3 aliphatic rings. The third-order valence-electron chi connectivity index (χ3n) is 8.34. The zero-order chi connectivity index (χ0) is 26.6. The zero-order valence-electron chi connectivity index (χ0n) is 23.1. The van der Waals surface area contributed by atoms with Crippen molar-refractivity contribution in [1.29, 1.82) is 0 Å². The number of allylic oxidation sites excluding steroid dienone is 2. The van der Waals surface area contributed by atoms with Crippen LogP contribution in [-0.2, 0) is 16.1 Å². The highest BCUT2D eigenvalue weighted by Crippen LogP contribution is 2.46. The molecule has 1 spiro atoms. The van der Waals surface area contributed by atoms with Crippen LogP contribution < -0.4 is 0 Å². The van der Waals surface area contributed by atoms with Gasteiger partial charge in [0.1, 0.15) is 6.23 Å². The SMILES string of the molecule is CC(C)CCN1CCC2(CC=C(c3nn(C4CCCCO4)cc3CN(C)CCN(C)C(=O)O)CC2)C1=O. The van der Waals surface area contributed by atoms with Crippen LogP contribution in [-0.4, -0.2) is 88.5 Å². The molecule has 2 fully saturated rings. The number of nitrogens with zero attached hydrogens (tertiary/aromatic N) is 5. The summed E-state index contributed by atoms with van der Waals surface area (Å²) in [6.07, 6.45) is 11.1. The predicted octanol–water partition coefficient (Wildman–Crippen LogP) is 4.46. The van der Waals surface area contributed by atoms with Crippen LogP contribution in [0.2, 0.25) is 0 Å². The van der Waals surface area contributed by atoms with Crippen molar-refractivity contribution in [1.82, 2.24) is 24.5 Å². The van der Waals surface area contributed by atoms with E-state index in [1.54, 1.807) is 7.05 Å². The van der Waals surface area contributed by atoms with Crippen LogP contribution in [0.3, 0.4) is 0 Å². The first-order valence-corrected chi connectivity index (χ1v) is 14.0. The fourth-order valence-corrected chi connectivity index (χ4v) is 5.73. The van der Waals surface area contributed by atoms with Crippen molar-refractivity contribution in [2.24, 2.45) is 11.3 Å². The second-order valence-electron chi connectivity index (χ2n) is 11.7. The number of likely N-dealkylation sites (tertiary alicyclic amines) is 1. The summed E-state index contributed by atoms with van der Waals surface area (Å²) in [6, 6.07) is 0. The van der Waals surface area contributed by atoms with Crippen LogP contribution in [0.1, 0.15) is 82.7 Å². The summed E-state index contributed by atoms with van der Waals surface area (Å²) < 4.78 is 8.00. The quantitative estimate of drug-likeness (QED) is 0.495. The average molecular weight is 516 g/mol. The molecule has 3 heterocycles. The second kappa shape index (κ2) is 12.0. The number of hydrogen-bond donors (Lipinski definition) is 1. The van der Waals surface area contributed by atoms with Crippen LogP contribution in [0.25, 0.3) is 5.57 Å². The largest absolute Gasteiger partial charge is 0.465 e. The van der Waals surface area contributed by atoms with Crippen LogP contribution in [0.5, 0.6) is 0 Å². The lowest BCUT2D eigenvalue weighted by atomic mass is 9.73. The molecule has 2 atom stereocenters. The molecular formula is C28H45N5O4. The molecule has 2 amide bonds. The van der Waals surface area contributed by atoms with Gasteiger partial charge in [-0.05, 0) is 69.9 Å². The molecule has 1 aliphatic carbocycles. The van der Waals surface area contributed by atoms with E-state index in [0.717, 1.165) is 82.3 Å². The topological polar surface area (TPSA) is 91.1 Å². The van der Waals surface area contributed by atoms with Gasteiger partial charge in [0.2, 0.25) is 5.91 Å². The maximum Gasteiger partial charge on any atom is 0.407 e. The lowest BCUT2D eigenvalue weighted by molar-refractivity contribution is -0.136. The fraction of sp³-hybridized carbons (Fsp3) is 0.750. The van der Waals surface area contributed by atoms with E-state index in [2.05, 4.69) is 35.9 Å². The molecule has 1 aromatic rings. The summed E-state index contributed by atoms with van der Waals surface area (Å²) in [5.74, 6) is 0.943. The summed E-state index contributed by atoms with van der Waals surface area (Å²) in [4.78, 5) is 30.1. The Balaban J connectivity index is 1.49. The highest BCUT2D eigenvalue weighted by Gasteiger charge is 2.46. The molecule has 2 saturated heterocycles. The molecule has 9 heteroatoms. The predicted molar refractivity (Wildman–Crippen MR) is 143 cm³/mol. The minimum absolute atomic E-state index is 0.0360. The van der Waals surface area contributed by atoms with Crippen LogP contribution in [0.4, 0.5) is 4.79 Å². The van der Waals surface area contributed by atoms with Gasteiger partial charge in [-0.3, -0.25) is 4.79 Å². The minimum atomic E-state index is -0.915. The van der Waals surface area contributed by atoms with E-state index in [-0.39, 0.29) is 11.6 Å². The molecule has 0 radical (unpaired) electrons. The van der Waals surface area contributed by atoms with E-state index in [4.69, 9.17) is 14.9 Å². The number of hydrogen-bond acceptors (Lipinski definition) is 5. The van der Waals surface area contributed by atoms with Crippen molar-refractivity contribution >= 4 is 17.6 Å². The maximum absolute atomic E-state index is 13.3. The Hall–Kier alpha value is -2.39. The van der Waals surface area contributed by atoms with E-state index in [1.807, 2.05) is 11.7 Å². The number of carbonyl (C=O) groups excluding carboxylic acids is 1. The van der Waals surface area contributed by atoms with Crippen molar-refractivity contribution in [3.63, 3.8) is 0 Å². The molecular weight excluding hydrogens is 470 g/mol. The Morgan fingerprint density at radius 3 is 2.73 bits per heavy atom. The normalized spacial score (nSPS) is 24.4. The first-order valence-electron chi connectivity index (χ1n) is 14.0. The zero-order valence-corrected chi connectivity index (χ0v) is 23.1. The second-order valence-corrected chi connectivity index (χ2v) is 11.7. The van der Waals surface area contributed by atoms with Gasteiger partial charge >= 0.3 is 6.09 Å². The molecule has 0 bridgehead atoms. The van der Waals surface area contributed by atoms with Gasteiger partial charge in [-0.2, -0.15) is 5.10 Å². The van der Waals surface area contributed by atoms with Crippen molar-refractivity contribution in [3.8, 4) is 0 Å². The summed E-state index contributed by atoms with van der Waals surface area (Å²) in [7, 11) is 3.61. The monoisotopic (exact) mass is 515 g/mol. The Morgan fingerprint density at radius 1 is 1.27 bits per heavy atom. The van der Waals surface area contributed by atoms with Gasteiger partial charge in [-0.25, -0.2) is 9.48 Å². The molecule has 0 aromatic carbocycles. The fourth-order valence-electron chi connectivity index (χ4n) is 5.73. The Bertz CT molecular complexity index is 983. The number of carboxylic acid groups (broad SMARTS) is 1. The third-order valence-corrected chi connectivity index (χ3v) is 8.34. The average Bonchev–Trinajstić information content (AvgIpc) is 3.43. The van der Waals surface area contributed by atoms with Crippen LogP contribution in [0, 0.1) is 11.3 Å². The van der Waals surface area contributed by atoms with Crippen molar-refractivity contribution < 1.29 is 19.4 Å². The summed E-state index contributed by atoms with van der Waals surface area (Å²) in [5, 5.41) is 14.2. The third kappa shape index (κ3) is 6.55. The van der Waals surface area contributed by atoms with Gasteiger partial charge in [0, 0.05) is 58.1 Å². The minimum Gasteiger partial charge on any atom is -0.465 e. The molecule has 206 valence electrons. The van der Waals surface area contributed by atoms with Gasteiger partial charge < -0.3 is 24.5 Å². The van der Waals surface area contributed by atoms with Gasteiger partial charge in [0.15, 0.2) is 0 Å². The molecule has 37 heavy (non-hydrogen) atoms. The Kier molecular flexibility index (Phi) is 8.95. The molecule has 2 unspecified atom stereocenters. The lowest BCUT2D eigenvalue weighted by Gasteiger charge is -2.31. The molecule has 1 aromatic heterocycles. The summed E-state index contributed by atoms with van der Waals surface area (Å²) in [6.45, 7) is 8.69. The van der Waals surface area contributed by atoms with Crippen molar-refractivity contribution in [3.05, 3.63) is 23.5 Å². The molecule has 0 saturated carbocycles. The Morgan fingerprint density at radius 2 is 2.08 bits per heavy atom. The number of carbonyl (C=O) groups is 2. The summed E-state index contributed by atoms with van der Waals surface area (Å²) in [5.41, 5.74) is 3.12. The number of rotatable bonds is 10. The molecule has 2 aliphatic heterocycles. The number of ether oxygens (including phenoxy) is 1. The number of likely N-dealkylation sites (N-methyl/N-ethyl adjacent to an activating group) is 2. The standard InChI is InChI=1S/C28H45N5O4/c1-21(2)10-14-32-15-13-28(26(32)34)11-8-22(9-12-28)25-23(19-30(3)16-17-31(4)27(35)36)20-33(29-25)24-7-5-6-18-37-24/h8,20-21,24H,5-7,9-19H2,1-4H3,(H,35,36). The van der Waals surface area contributed by atoms with E-state index in [9.17, 15) is 9.59 Å². The van der Waals surface area contributed by atoms with Crippen LogP contribution in [0.15, 0.2) is 12.3 Å². The molecule has 1 N–H and O–H groups in total. The lowest BCUT2D eigenvalue weighted by Crippen LogP contribution is -2.36. The highest BCUT2D eigenvalue weighted by molar-refractivity contribution is 5.86. The Labute approximate surface area is 221 Å². The van der Waals surface area contributed by atoms with Crippen molar-refractivity contribution in [2.75, 3.05) is 46.9 Å². The first kappa shape index (κ1) is 27.6. The molecule has 4 rings (SSSR count). The van der Waals surface area contributed by atoms with E-state index < -0.39 is 6.09 Å². The van der Waals surface area contributed by atoms with Gasteiger partial charge in [-0.15, -0.1) is 0 Å². The highest BCUT2D eigenvalue weighted by atomic mass is 16.5. The molecule has 9 nitrogen and oxygen atoms in total. The summed E-state index contributed by atoms with van der Waals surface area (Å²) >= 11 is 0. The van der Waals surface area contributed by atoms with E-state index in [1.165, 1.54) is 10.5 Å². The van der Waals surface area contributed by atoms with E-state index in [0.29, 0.717) is 31.5 Å². The number of amides is 2. The smallest absolute Gasteiger partial charge is 0.407 e. The van der Waals surface area contributed by atoms with E-state index >= 15 is 0 Å². The number of aromatic nitrogens is 2. The van der Waals surface area contributed by atoms with Gasteiger partial charge in [-0.1, -0.05) is 19.9 Å². The maximum atomic E-state index is 13.3. The van der Waals surface area contributed by atoms with Crippen molar-refractivity contribution in [2.45, 2.75) is 78.0 Å². The van der Waals surface area contributed by atoms with Gasteiger partial charge in [0.25, 0.3) is 0 Å². The van der Waals surface area contributed by atoms with Gasteiger partial charge in [0.05, 0.1) is 11.1 Å². The van der Waals surface area contributed by atoms with Crippen LogP contribution >= 0.6 is 0 Å². The first-order chi connectivity index (χ1) is 17.7.